The summed E-state index contributed by atoms with van der Waals surface area (Å²) in [5.41, 5.74) is -0.804. The van der Waals surface area contributed by atoms with Gasteiger partial charge in [-0.05, 0) is 45.9 Å². The number of nitrogens with one attached hydrogen (secondary N) is 1. The van der Waals surface area contributed by atoms with Gasteiger partial charge in [-0.25, -0.2) is 0 Å². The average molecular weight is 285 g/mol. The Kier molecular flexibility index (Phi) is 6.92. The molecule has 0 aromatic carbocycles. The van der Waals surface area contributed by atoms with Crippen molar-refractivity contribution < 1.29 is 9.90 Å². The first-order chi connectivity index (χ1) is 9.46. The molecular formula is C15H31N3O2. The van der Waals surface area contributed by atoms with E-state index >= 15 is 0 Å². The average Bonchev–Trinajstić information content (AvgIpc) is 2.87. The molecule has 0 aromatic heterocycles. The molecule has 2 N–H and O–H groups in total. The number of rotatable bonds is 9. The highest BCUT2D eigenvalue weighted by Crippen LogP contribution is 2.18. The number of likely N-dealkylation sites (tertiary alicyclic amines) is 1. The van der Waals surface area contributed by atoms with Crippen LogP contribution >= 0.6 is 0 Å². The molecule has 118 valence electrons. The third-order valence-corrected chi connectivity index (χ3v) is 4.54. The Balaban J connectivity index is 2.45. The van der Waals surface area contributed by atoms with E-state index in [1.807, 2.05) is 6.92 Å². The first kappa shape index (κ1) is 17.4. The van der Waals surface area contributed by atoms with Gasteiger partial charge in [-0.3, -0.25) is 9.69 Å². The number of hydrogen-bond donors (Lipinski definition) is 2. The van der Waals surface area contributed by atoms with E-state index in [0.717, 1.165) is 32.7 Å². The van der Waals surface area contributed by atoms with Gasteiger partial charge in [0.2, 0.25) is 0 Å². The highest BCUT2D eigenvalue weighted by Gasteiger charge is 2.34. The van der Waals surface area contributed by atoms with Gasteiger partial charge >= 0.3 is 5.97 Å². The largest absolute Gasteiger partial charge is 0.480 e. The van der Waals surface area contributed by atoms with Gasteiger partial charge in [-0.2, -0.15) is 0 Å². The van der Waals surface area contributed by atoms with Crippen molar-refractivity contribution in [1.29, 1.82) is 0 Å². The van der Waals surface area contributed by atoms with E-state index < -0.39 is 11.5 Å². The van der Waals surface area contributed by atoms with Crippen LogP contribution in [0.4, 0.5) is 0 Å². The van der Waals surface area contributed by atoms with Crippen molar-refractivity contribution in [3.63, 3.8) is 0 Å². The molecule has 2 atom stereocenters. The van der Waals surface area contributed by atoms with Gasteiger partial charge in [0.1, 0.15) is 5.54 Å². The summed E-state index contributed by atoms with van der Waals surface area (Å²) in [4.78, 5) is 16.3. The van der Waals surface area contributed by atoms with Crippen molar-refractivity contribution in [2.75, 3.05) is 39.3 Å². The fourth-order valence-corrected chi connectivity index (χ4v) is 3.10. The smallest absolute Gasteiger partial charge is 0.323 e. The number of carbonyl (C=O) groups is 1. The molecule has 1 fully saturated rings. The second kappa shape index (κ2) is 7.96. The molecule has 5 nitrogen and oxygen atoms in total. The molecule has 1 aliphatic heterocycles. The minimum Gasteiger partial charge on any atom is -0.480 e. The Hall–Kier alpha value is -0.650. The van der Waals surface area contributed by atoms with Crippen LogP contribution in [0.1, 0.15) is 40.5 Å². The summed E-state index contributed by atoms with van der Waals surface area (Å²) >= 11 is 0. The van der Waals surface area contributed by atoms with Crippen molar-refractivity contribution in [3.05, 3.63) is 0 Å². The number of aliphatic carboxylic acids is 1. The Morgan fingerprint density at radius 2 is 2.05 bits per heavy atom. The number of hydrogen-bond acceptors (Lipinski definition) is 4. The molecule has 0 radical (unpaired) electrons. The molecule has 0 aromatic rings. The molecule has 1 aliphatic rings. The summed E-state index contributed by atoms with van der Waals surface area (Å²) in [6.45, 7) is 14.0. The van der Waals surface area contributed by atoms with Gasteiger partial charge in [-0.1, -0.05) is 20.8 Å². The molecule has 2 unspecified atom stereocenters. The van der Waals surface area contributed by atoms with E-state index in [2.05, 4.69) is 29.0 Å². The van der Waals surface area contributed by atoms with Gasteiger partial charge in [-0.15, -0.1) is 0 Å². The fourth-order valence-electron chi connectivity index (χ4n) is 3.10. The van der Waals surface area contributed by atoms with Crippen LogP contribution in [0, 0.1) is 0 Å². The monoisotopic (exact) mass is 285 g/mol. The van der Waals surface area contributed by atoms with E-state index in [4.69, 9.17) is 0 Å². The predicted molar refractivity (Wildman–Crippen MR) is 82.1 cm³/mol. The van der Waals surface area contributed by atoms with Crippen molar-refractivity contribution in [2.45, 2.75) is 52.1 Å². The molecule has 5 heteroatoms. The zero-order valence-electron chi connectivity index (χ0n) is 13.5. The van der Waals surface area contributed by atoms with Crippen LogP contribution in [0.2, 0.25) is 0 Å². The van der Waals surface area contributed by atoms with Crippen molar-refractivity contribution in [1.82, 2.24) is 15.1 Å². The molecule has 20 heavy (non-hydrogen) atoms. The summed E-state index contributed by atoms with van der Waals surface area (Å²) in [6, 6.07) is 0.639. The van der Waals surface area contributed by atoms with E-state index in [1.54, 1.807) is 6.92 Å². The topological polar surface area (TPSA) is 55.8 Å². The molecule has 1 heterocycles. The zero-order valence-corrected chi connectivity index (χ0v) is 13.5. The SMILES string of the molecule is CCNC(C)(CCN1CCC(N(CC)CC)C1)C(=O)O. The van der Waals surface area contributed by atoms with Crippen LogP contribution in [0.25, 0.3) is 0 Å². The van der Waals surface area contributed by atoms with Crippen LogP contribution in [0.15, 0.2) is 0 Å². The van der Waals surface area contributed by atoms with E-state index in [1.165, 1.54) is 6.42 Å². The van der Waals surface area contributed by atoms with Crippen LogP contribution < -0.4 is 5.32 Å². The zero-order chi connectivity index (χ0) is 15.2. The van der Waals surface area contributed by atoms with Crippen LogP contribution in [-0.4, -0.2) is 71.7 Å². The second-order valence-electron chi connectivity index (χ2n) is 5.88. The summed E-state index contributed by atoms with van der Waals surface area (Å²) < 4.78 is 0. The van der Waals surface area contributed by atoms with E-state index in [9.17, 15) is 9.90 Å². The fraction of sp³-hybridized carbons (Fsp3) is 0.933. The number of carboxylic acid groups (broad SMARTS) is 1. The van der Waals surface area contributed by atoms with Crippen molar-refractivity contribution >= 4 is 5.97 Å². The van der Waals surface area contributed by atoms with Gasteiger partial charge in [0.15, 0.2) is 0 Å². The molecule has 0 amide bonds. The number of carboxylic acids is 1. The van der Waals surface area contributed by atoms with Gasteiger partial charge in [0.05, 0.1) is 0 Å². The molecular weight excluding hydrogens is 254 g/mol. The Morgan fingerprint density at radius 3 is 2.55 bits per heavy atom. The molecule has 0 aliphatic carbocycles. The third-order valence-electron chi connectivity index (χ3n) is 4.54. The minimum atomic E-state index is -0.804. The minimum absolute atomic E-state index is 0.639. The quantitative estimate of drug-likeness (QED) is 0.668. The maximum absolute atomic E-state index is 11.4. The lowest BCUT2D eigenvalue weighted by molar-refractivity contribution is -0.144. The third kappa shape index (κ3) is 4.43. The number of likely N-dealkylation sites (N-methyl/N-ethyl adjacent to an activating group) is 2. The van der Waals surface area contributed by atoms with Gasteiger partial charge in [0, 0.05) is 19.1 Å². The number of nitrogens with zero attached hydrogens (tertiary/aromatic N) is 2. The molecule has 1 saturated heterocycles. The van der Waals surface area contributed by atoms with E-state index in [0.29, 0.717) is 19.0 Å². The Bertz CT molecular complexity index is 307. The van der Waals surface area contributed by atoms with Crippen LogP contribution in [-0.2, 0) is 4.79 Å². The standard InChI is InChI=1S/C15H31N3O2/c1-5-16-15(4,14(19)20)9-11-17-10-8-13(12-17)18(6-2)7-3/h13,16H,5-12H2,1-4H3,(H,19,20). The van der Waals surface area contributed by atoms with Crippen molar-refractivity contribution in [2.24, 2.45) is 0 Å². The Labute approximate surface area is 123 Å². The second-order valence-corrected chi connectivity index (χ2v) is 5.88. The molecule has 0 spiro atoms. The van der Waals surface area contributed by atoms with Gasteiger partial charge < -0.3 is 15.3 Å². The summed E-state index contributed by atoms with van der Waals surface area (Å²) in [7, 11) is 0. The van der Waals surface area contributed by atoms with Gasteiger partial charge in [0.25, 0.3) is 0 Å². The predicted octanol–water partition coefficient (Wildman–Crippen LogP) is 1.25. The van der Waals surface area contributed by atoms with E-state index in [-0.39, 0.29) is 0 Å². The lowest BCUT2D eigenvalue weighted by Gasteiger charge is -2.29. The first-order valence-corrected chi connectivity index (χ1v) is 7.91. The summed E-state index contributed by atoms with van der Waals surface area (Å²) in [6.07, 6.45) is 1.85. The summed E-state index contributed by atoms with van der Waals surface area (Å²) in [5, 5.41) is 12.5. The lowest BCUT2D eigenvalue weighted by atomic mass is 9.97. The highest BCUT2D eigenvalue weighted by molar-refractivity contribution is 5.78. The maximum atomic E-state index is 11.4. The van der Waals surface area contributed by atoms with Crippen molar-refractivity contribution in [3.8, 4) is 0 Å². The molecule has 0 saturated carbocycles. The van der Waals surface area contributed by atoms with Crippen LogP contribution in [0.5, 0.6) is 0 Å². The lowest BCUT2D eigenvalue weighted by Crippen LogP contribution is -2.51. The van der Waals surface area contributed by atoms with Crippen LogP contribution in [0.3, 0.4) is 0 Å². The first-order valence-electron chi connectivity index (χ1n) is 7.91. The molecule has 0 bridgehead atoms. The molecule has 1 rings (SSSR count). The highest BCUT2D eigenvalue weighted by atomic mass is 16.4. The summed E-state index contributed by atoms with van der Waals surface area (Å²) in [5.74, 6) is -0.751. The Morgan fingerprint density at radius 1 is 1.40 bits per heavy atom. The maximum Gasteiger partial charge on any atom is 0.323 e. The normalized spacial score (nSPS) is 23.1.